The maximum Gasteiger partial charge on any atom is 0.254 e. The Balaban J connectivity index is 1.52. The van der Waals surface area contributed by atoms with Crippen LogP contribution in [0.1, 0.15) is 31.4 Å². The predicted octanol–water partition coefficient (Wildman–Crippen LogP) is 1.11. The molecule has 0 bridgehead atoms. The number of hydrogen-bond acceptors (Lipinski definition) is 6. The van der Waals surface area contributed by atoms with Gasteiger partial charge in [-0.15, -0.1) is 0 Å². The summed E-state index contributed by atoms with van der Waals surface area (Å²) >= 11 is 0. The minimum absolute atomic E-state index is 0.191. The van der Waals surface area contributed by atoms with Crippen molar-refractivity contribution >= 4 is 17.5 Å². The van der Waals surface area contributed by atoms with E-state index in [1.54, 1.807) is 11.6 Å². The molecule has 1 amide bonds. The number of aromatic nitrogens is 4. The SMILES string of the molecule is COCc1cc(N2CCN(CC3CCCC3)C(=O)C2)n2ncnc2n1. The number of methoxy groups -OCH3 is 1. The van der Waals surface area contributed by atoms with Gasteiger partial charge in [0.2, 0.25) is 5.91 Å². The summed E-state index contributed by atoms with van der Waals surface area (Å²) in [6.45, 7) is 3.25. The van der Waals surface area contributed by atoms with Gasteiger partial charge in [0.25, 0.3) is 5.78 Å². The van der Waals surface area contributed by atoms with Gasteiger partial charge in [0.15, 0.2) is 0 Å². The molecule has 4 rings (SSSR count). The van der Waals surface area contributed by atoms with Gasteiger partial charge < -0.3 is 14.5 Å². The molecular formula is C17H24N6O2. The fourth-order valence-corrected chi connectivity index (χ4v) is 3.89. The largest absolute Gasteiger partial charge is 0.378 e. The van der Waals surface area contributed by atoms with Gasteiger partial charge in [-0.2, -0.15) is 14.6 Å². The quantitative estimate of drug-likeness (QED) is 0.809. The Morgan fingerprint density at radius 2 is 2.12 bits per heavy atom. The fraction of sp³-hybridized carbons (Fsp3) is 0.647. The number of nitrogens with zero attached hydrogens (tertiary/aromatic N) is 6. The highest BCUT2D eigenvalue weighted by atomic mass is 16.5. The molecule has 2 aromatic heterocycles. The lowest BCUT2D eigenvalue weighted by molar-refractivity contribution is -0.131. The molecule has 134 valence electrons. The van der Waals surface area contributed by atoms with E-state index in [-0.39, 0.29) is 5.91 Å². The van der Waals surface area contributed by atoms with Crippen molar-refractivity contribution in [3.63, 3.8) is 0 Å². The summed E-state index contributed by atoms with van der Waals surface area (Å²) in [6, 6.07) is 1.94. The van der Waals surface area contributed by atoms with Crippen LogP contribution in [0.2, 0.25) is 0 Å². The van der Waals surface area contributed by atoms with Crippen molar-refractivity contribution in [1.82, 2.24) is 24.5 Å². The highest BCUT2D eigenvalue weighted by molar-refractivity contribution is 5.82. The Hall–Kier alpha value is -2.22. The maximum absolute atomic E-state index is 12.6. The van der Waals surface area contributed by atoms with Crippen LogP contribution >= 0.6 is 0 Å². The standard InChI is InChI=1S/C17H24N6O2/c1-25-11-14-8-15(23-17(20-14)18-12-19-23)21-6-7-22(16(24)10-21)9-13-4-2-3-5-13/h8,12-13H,2-7,9-11H2,1H3. The fourth-order valence-electron chi connectivity index (χ4n) is 3.89. The minimum atomic E-state index is 0.191. The van der Waals surface area contributed by atoms with Crippen molar-refractivity contribution in [1.29, 1.82) is 0 Å². The van der Waals surface area contributed by atoms with Crippen molar-refractivity contribution in [2.24, 2.45) is 5.92 Å². The number of piperazine rings is 1. The van der Waals surface area contributed by atoms with E-state index in [0.717, 1.165) is 31.1 Å². The van der Waals surface area contributed by atoms with E-state index in [1.165, 1.54) is 32.0 Å². The van der Waals surface area contributed by atoms with Crippen molar-refractivity contribution < 1.29 is 9.53 Å². The van der Waals surface area contributed by atoms with Crippen LogP contribution in [-0.2, 0) is 16.1 Å². The van der Waals surface area contributed by atoms with E-state index in [4.69, 9.17) is 4.74 Å². The molecule has 2 fully saturated rings. The van der Waals surface area contributed by atoms with Crippen molar-refractivity contribution in [3.05, 3.63) is 18.1 Å². The molecule has 0 N–H and O–H groups in total. The summed E-state index contributed by atoms with van der Waals surface area (Å²) in [5, 5.41) is 4.26. The first-order valence-electron chi connectivity index (χ1n) is 8.96. The Bertz CT molecular complexity index is 755. The third-order valence-electron chi connectivity index (χ3n) is 5.17. The zero-order valence-corrected chi connectivity index (χ0v) is 14.6. The van der Waals surface area contributed by atoms with Crippen molar-refractivity contribution in [2.75, 3.05) is 38.2 Å². The molecule has 8 nitrogen and oxygen atoms in total. The smallest absolute Gasteiger partial charge is 0.254 e. The van der Waals surface area contributed by atoms with Crippen LogP contribution in [0.4, 0.5) is 5.82 Å². The van der Waals surface area contributed by atoms with Gasteiger partial charge in [0.05, 0.1) is 18.8 Å². The molecule has 1 saturated carbocycles. The molecular weight excluding hydrogens is 320 g/mol. The average Bonchev–Trinajstić information content (AvgIpc) is 3.27. The van der Waals surface area contributed by atoms with Gasteiger partial charge in [0.1, 0.15) is 12.1 Å². The highest BCUT2D eigenvalue weighted by Crippen LogP contribution is 2.26. The summed E-state index contributed by atoms with van der Waals surface area (Å²) in [5.74, 6) is 2.26. The summed E-state index contributed by atoms with van der Waals surface area (Å²) in [6.07, 6.45) is 6.63. The molecule has 1 aliphatic carbocycles. The Kier molecular flexibility index (Phi) is 4.52. The van der Waals surface area contributed by atoms with Crippen molar-refractivity contribution in [2.45, 2.75) is 32.3 Å². The van der Waals surface area contributed by atoms with Crippen molar-refractivity contribution in [3.8, 4) is 0 Å². The lowest BCUT2D eigenvalue weighted by atomic mass is 10.1. The molecule has 3 heterocycles. The number of ether oxygens (including phenoxy) is 1. The summed E-state index contributed by atoms with van der Waals surface area (Å²) in [7, 11) is 1.64. The number of carbonyl (C=O) groups is 1. The molecule has 0 unspecified atom stereocenters. The first kappa shape index (κ1) is 16.3. The van der Waals surface area contributed by atoms with Crippen LogP contribution in [0.25, 0.3) is 5.78 Å². The molecule has 0 aromatic carbocycles. The molecule has 1 aliphatic heterocycles. The van der Waals surface area contributed by atoms with E-state index in [2.05, 4.69) is 20.0 Å². The Morgan fingerprint density at radius 3 is 2.88 bits per heavy atom. The van der Waals surface area contributed by atoms with Gasteiger partial charge in [-0.1, -0.05) is 12.8 Å². The summed E-state index contributed by atoms with van der Waals surface area (Å²) in [4.78, 5) is 25.4. The normalized spacial score (nSPS) is 19.3. The second-order valence-electron chi connectivity index (χ2n) is 6.92. The van der Waals surface area contributed by atoms with E-state index < -0.39 is 0 Å². The molecule has 8 heteroatoms. The van der Waals surface area contributed by atoms with Gasteiger partial charge in [-0.05, 0) is 18.8 Å². The third-order valence-corrected chi connectivity index (χ3v) is 5.17. The second kappa shape index (κ2) is 6.95. The highest BCUT2D eigenvalue weighted by Gasteiger charge is 2.28. The number of anilines is 1. The van der Waals surface area contributed by atoms with Crippen LogP contribution in [0.3, 0.4) is 0 Å². The first-order chi connectivity index (χ1) is 12.2. The maximum atomic E-state index is 12.6. The lowest BCUT2D eigenvalue weighted by Crippen LogP contribution is -2.52. The molecule has 2 aliphatic rings. The van der Waals surface area contributed by atoms with Crippen LogP contribution in [-0.4, -0.2) is 63.7 Å². The van der Waals surface area contributed by atoms with Crippen LogP contribution in [0, 0.1) is 5.92 Å². The van der Waals surface area contributed by atoms with Crippen LogP contribution in [0.5, 0.6) is 0 Å². The molecule has 2 aromatic rings. The molecule has 1 saturated heterocycles. The number of hydrogen-bond donors (Lipinski definition) is 0. The van der Waals surface area contributed by atoms with Gasteiger partial charge >= 0.3 is 0 Å². The van der Waals surface area contributed by atoms with Crippen LogP contribution in [0.15, 0.2) is 12.4 Å². The van der Waals surface area contributed by atoms with E-state index in [0.29, 0.717) is 24.8 Å². The first-order valence-corrected chi connectivity index (χ1v) is 8.96. The number of fused-ring (bicyclic) bond motifs is 1. The van der Waals surface area contributed by atoms with Gasteiger partial charge in [-0.3, -0.25) is 4.79 Å². The van der Waals surface area contributed by atoms with E-state index in [1.807, 2.05) is 11.0 Å². The summed E-state index contributed by atoms with van der Waals surface area (Å²) in [5.41, 5.74) is 0.791. The number of rotatable bonds is 5. The van der Waals surface area contributed by atoms with E-state index in [9.17, 15) is 4.79 Å². The Morgan fingerprint density at radius 1 is 1.28 bits per heavy atom. The minimum Gasteiger partial charge on any atom is -0.378 e. The zero-order chi connectivity index (χ0) is 17.2. The molecule has 0 spiro atoms. The third kappa shape index (κ3) is 3.30. The summed E-state index contributed by atoms with van der Waals surface area (Å²) < 4.78 is 6.89. The monoisotopic (exact) mass is 344 g/mol. The lowest BCUT2D eigenvalue weighted by Gasteiger charge is -2.36. The van der Waals surface area contributed by atoms with Gasteiger partial charge in [0, 0.05) is 32.8 Å². The Labute approximate surface area is 146 Å². The molecule has 25 heavy (non-hydrogen) atoms. The molecule has 0 radical (unpaired) electrons. The van der Waals surface area contributed by atoms with E-state index >= 15 is 0 Å². The topological polar surface area (TPSA) is 75.9 Å². The average molecular weight is 344 g/mol. The number of carbonyl (C=O) groups excluding carboxylic acids is 1. The second-order valence-corrected chi connectivity index (χ2v) is 6.92. The molecule has 0 atom stereocenters. The zero-order valence-electron chi connectivity index (χ0n) is 14.6. The van der Waals surface area contributed by atoms with Gasteiger partial charge in [-0.25, -0.2) is 4.98 Å². The predicted molar refractivity (Wildman–Crippen MR) is 92.2 cm³/mol. The number of amides is 1. The van der Waals surface area contributed by atoms with Crippen LogP contribution < -0.4 is 4.90 Å².